The summed E-state index contributed by atoms with van der Waals surface area (Å²) in [6.07, 6.45) is 3.10. The first kappa shape index (κ1) is 20.5. The molecule has 7 nitrogen and oxygen atoms in total. The quantitative estimate of drug-likeness (QED) is 0.644. The Kier molecular flexibility index (Phi) is 6.17. The van der Waals surface area contributed by atoms with Crippen LogP contribution in [0.15, 0.2) is 35.2 Å². The molecule has 1 atom stereocenters. The van der Waals surface area contributed by atoms with Crippen molar-refractivity contribution in [3.8, 4) is 0 Å². The van der Waals surface area contributed by atoms with Crippen LogP contribution in [0.25, 0.3) is 0 Å². The van der Waals surface area contributed by atoms with Crippen LogP contribution in [0.4, 0.5) is 0 Å². The number of hydrogen-bond donors (Lipinski definition) is 3. The molecule has 0 saturated heterocycles. The van der Waals surface area contributed by atoms with Gasteiger partial charge in [0.15, 0.2) is 0 Å². The van der Waals surface area contributed by atoms with E-state index in [1.54, 1.807) is 6.92 Å². The van der Waals surface area contributed by atoms with E-state index in [9.17, 15) is 18.0 Å². The zero-order valence-corrected chi connectivity index (χ0v) is 17.4. The molecular formula is C19H23N3O4S2. The molecule has 2 amide bonds. The monoisotopic (exact) mass is 421 g/mol. The van der Waals surface area contributed by atoms with E-state index in [0.29, 0.717) is 10.8 Å². The first-order valence-corrected chi connectivity index (χ1v) is 11.4. The number of carbonyl (C=O) groups excluding carboxylic acids is 2. The first-order chi connectivity index (χ1) is 13.3. The molecule has 1 heterocycles. The van der Waals surface area contributed by atoms with Crippen LogP contribution in [0.2, 0.25) is 0 Å². The molecule has 0 radical (unpaired) electrons. The molecule has 3 rings (SSSR count). The lowest BCUT2D eigenvalue weighted by molar-refractivity contribution is 0.0849. The molecule has 0 saturated carbocycles. The van der Waals surface area contributed by atoms with Crippen molar-refractivity contribution in [2.45, 2.75) is 38.0 Å². The smallest absolute Gasteiger partial charge is 0.267 e. The average molecular weight is 422 g/mol. The van der Waals surface area contributed by atoms with Crippen LogP contribution in [-0.4, -0.2) is 26.8 Å². The largest absolute Gasteiger partial charge is 0.279 e. The van der Waals surface area contributed by atoms with Gasteiger partial charge in [-0.15, -0.1) is 11.3 Å². The summed E-state index contributed by atoms with van der Waals surface area (Å²) in [5, 5.41) is 0. The molecule has 0 bridgehead atoms. The standard InChI is InChI=1S/C19H23N3O4S2/c1-3-20-28(25,26)15-7-5-13(6-8-15)18(23)21-22-19(24)17-11-14-10-12(2)4-9-16(14)27-17/h5-8,11-12,20H,3-4,9-10H2,1-2H3,(H,21,23)(H,22,24)/t12-/m0/s1. The van der Waals surface area contributed by atoms with Crippen molar-refractivity contribution in [2.75, 3.05) is 6.54 Å². The van der Waals surface area contributed by atoms with Gasteiger partial charge in [0, 0.05) is 17.0 Å². The van der Waals surface area contributed by atoms with E-state index in [1.165, 1.54) is 46.0 Å². The van der Waals surface area contributed by atoms with Crippen LogP contribution < -0.4 is 15.6 Å². The fourth-order valence-corrected chi connectivity index (χ4v) is 5.27. The number of carbonyl (C=O) groups is 2. The van der Waals surface area contributed by atoms with Crippen molar-refractivity contribution < 1.29 is 18.0 Å². The van der Waals surface area contributed by atoms with E-state index in [-0.39, 0.29) is 22.9 Å². The molecule has 150 valence electrons. The number of benzene rings is 1. The molecule has 9 heteroatoms. The maximum Gasteiger partial charge on any atom is 0.279 e. The van der Waals surface area contributed by atoms with Crippen molar-refractivity contribution >= 4 is 33.2 Å². The highest BCUT2D eigenvalue weighted by atomic mass is 32.2. The Morgan fingerprint density at radius 2 is 1.82 bits per heavy atom. The highest BCUT2D eigenvalue weighted by Gasteiger charge is 2.21. The van der Waals surface area contributed by atoms with Gasteiger partial charge in [0.25, 0.3) is 11.8 Å². The van der Waals surface area contributed by atoms with Crippen molar-refractivity contribution in [3.63, 3.8) is 0 Å². The number of aryl methyl sites for hydroxylation is 1. The highest BCUT2D eigenvalue weighted by molar-refractivity contribution is 7.89. The fourth-order valence-electron chi connectivity index (χ4n) is 3.12. The second-order valence-electron chi connectivity index (χ2n) is 6.84. The summed E-state index contributed by atoms with van der Waals surface area (Å²) in [4.78, 5) is 26.4. The van der Waals surface area contributed by atoms with E-state index < -0.39 is 15.9 Å². The molecular weight excluding hydrogens is 398 g/mol. The molecule has 28 heavy (non-hydrogen) atoms. The molecule has 2 aromatic rings. The molecule has 0 spiro atoms. The van der Waals surface area contributed by atoms with E-state index in [0.717, 1.165) is 19.3 Å². The molecule has 0 aliphatic heterocycles. The third-order valence-corrected chi connectivity index (χ3v) is 7.40. The summed E-state index contributed by atoms with van der Waals surface area (Å²) in [5.74, 6) is -0.250. The number of fused-ring (bicyclic) bond motifs is 1. The van der Waals surface area contributed by atoms with Gasteiger partial charge >= 0.3 is 0 Å². The Morgan fingerprint density at radius 3 is 2.50 bits per heavy atom. The topological polar surface area (TPSA) is 104 Å². The van der Waals surface area contributed by atoms with Gasteiger partial charge in [-0.25, -0.2) is 13.1 Å². The molecule has 1 aliphatic rings. The summed E-state index contributed by atoms with van der Waals surface area (Å²) in [5.41, 5.74) is 6.26. The fraction of sp³-hybridized carbons (Fsp3) is 0.368. The van der Waals surface area contributed by atoms with Crippen LogP contribution >= 0.6 is 11.3 Å². The number of sulfonamides is 1. The Labute approximate surface area is 168 Å². The zero-order valence-electron chi connectivity index (χ0n) is 15.7. The summed E-state index contributed by atoms with van der Waals surface area (Å²) >= 11 is 1.47. The lowest BCUT2D eigenvalue weighted by Gasteiger charge is -2.16. The van der Waals surface area contributed by atoms with Gasteiger partial charge < -0.3 is 0 Å². The van der Waals surface area contributed by atoms with Gasteiger partial charge in [-0.3, -0.25) is 20.4 Å². The lowest BCUT2D eigenvalue weighted by Crippen LogP contribution is -2.41. The van der Waals surface area contributed by atoms with E-state index >= 15 is 0 Å². The molecule has 0 unspecified atom stereocenters. The minimum absolute atomic E-state index is 0.0772. The van der Waals surface area contributed by atoms with Crippen molar-refractivity contribution in [3.05, 3.63) is 51.2 Å². The van der Waals surface area contributed by atoms with Gasteiger partial charge in [0.2, 0.25) is 10.0 Å². The Bertz CT molecular complexity index is 981. The maximum atomic E-state index is 12.3. The van der Waals surface area contributed by atoms with Gasteiger partial charge in [0.1, 0.15) is 0 Å². The zero-order chi connectivity index (χ0) is 20.3. The van der Waals surface area contributed by atoms with Gasteiger partial charge in [-0.05, 0) is 61.1 Å². The predicted molar refractivity (Wildman–Crippen MR) is 108 cm³/mol. The summed E-state index contributed by atoms with van der Waals surface area (Å²) in [6, 6.07) is 7.40. The van der Waals surface area contributed by atoms with Crippen LogP contribution in [0.1, 0.15) is 50.7 Å². The molecule has 1 aromatic carbocycles. The van der Waals surface area contributed by atoms with E-state index in [1.807, 2.05) is 6.07 Å². The van der Waals surface area contributed by atoms with Crippen LogP contribution in [0, 0.1) is 5.92 Å². The molecule has 0 fully saturated rings. The molecule has 3 N–H and O–H groups in total. The molecule has 1 aliphatic carbocycles. The first-order valence-electron chi connectivity index (χ1n) is 9.12. The minimum Gasteiger partial charge on any atom is -0.267 e. The summed E-state index contributed by atoms with van der Waals surface area (Å²) in [6.45, 7) is 4.17. The van der Waals surface area contributed by atoms with Crippen molar-refractivity contribution in [1.82, 2.24) is 15.6 Å². The van der Waals surface area contributed by atoms with E-state index in [2.05, 4.69) is 22.5 Å². The third-order valence-electron chi connectivity index (χ3n) is 4.60. The third kappa shape index (κ3) is 4.60. The maximum absolute atomic E-state index is 12.3. The SMILES string of the molecule is CCNS(=O)(=O)c1ccc(C(=O)NNC(=O)c2cc3c(s2)CC[C@H](C)C3)cc1. The number of rotatable bonds is 5. The Balaban J connectivity index is 1.60. The normalized spacial score (nSPS) is 16.3. The van der Waals surface area contributed by atoms with Gasteiger partial charge in [-0.2, -0.15) is 0 Å². The predicted octanol–water partition coefficient (Wildman–Crippen LogP) is 2.25. The van der Waals surface area contributed by atoms with E-state index in [4.69, 9.17) is 0 Å². The van der Waals surface area contributed by atoms with Crippen LogP contribution in [0.5, 0.6) is 0 Å². The van der Waals surface area contributed by atoms with Crippen LogP contribution in [-0.2, 0) is 22.9 Å². The minimum atomic E-state index is -3.57. The molecule has 1 aromatic heterocycles. The summed E-state index contributed by atoms with van der Waals surface area (Å²) < 4.78 is 26.2. The summed E-state index contributed by atoms with van der Waals surface area (Å²) in [7, 11) is -3.57. The number of hydrazine groups is 1. The Morgan fingerprint density at radius 1 is 1.14 bits per heavy atom. The van der Waals surface area contributed by atoms with Gasteiger partial charge in [-0.1, -0.05) is 13.8 Å². The second-order valence-corrected chi connectivity index (χ2v) is 9.74. The lowest BCUT2D eigenvalue weighted by atomic mass is 9.90. The number of amides is 2. The van der Waals surface area contributed by atoms with Crippen molar-refractivity contribution in [2.24, 2.45) is 5.92 Å². The van der Waals surface area contributed by atoms with Crippen molar-refractivity contribution in [1.29, 1.82) is 0 Å². The second kappa shape index (κ2) is 8.42. The highest BCUT2D eigenvalue weighted by Crippen LogP contribution is 2.32. The number of hydrogen-bond acceptors (Lipinski definition) is 5. The number of nitrogens with one attached hydrogen (secondary N) is 3. The Hall–Kier alpha value is -2.23. The van der Waals surface area contributed by atoms with Gasteiger partial charge in [0.05, 0.1) is 9.77 Å². The number of thiophene rings is 1. The average Bonchev–Trinajstić information content (AvgIpc) is 3.09. The van der Waals surface area contributed by atoms with Crippen LogP contribution in [0.3, 0.4) is 0 Å².